The van der Waals surface area contributed by atoms with Gasteiger partial charge in [-0.25, -0.2) is 4.90 Å². The van der Waals surface area contributed by atoms with Crippen LogP contribution in [0.25, 0.3) is 0 Å². The first kappa shape index (κ1) is 30.6. The molecule has 4 aromatic carbocycles. The molecule has 2 saturated heterocycles. The number of carbonyl (C=O) groups is 4. The van der Waals surface area contributed by atoms with Gasteiger partial charge in [-0.2, -0.15) is 0 Å². The van der Waals surface area contributed by atoms with Crippen LogP contribution in [0.1, 0.15) is 35.4 Å². The summed E-state index contributed by atoms with van der Waals surface area (Å²) >= 11 is 12.9. The SMILES string of the molecule is O=C1[C@H]2[C@H](CC=C3[C@H]2C[C@H]2C(=O)N(c4cccc(Cl)c4)C(=O)[C@@]2(c2ccccc2)[C@H]3c2cc(Cl)ccc2O)C(=O)N1Cc1ccccc1. The van der Waals surface area contributed by atoms with Gasteiger partial charge in [-0.1, -0.05) is 102 Å². The molecule has 0 radical (unpaired) electrons. The zero-order chi connectivity index (χ0) is 33.3. The Hall–Kier alpha value is -4.72. The minimum absolute atomic E-state index is 0.0805. The van der Waals surface area contributed by atoms with Crippen molar-refractivity contribution in [3.63, 3.8) is 0 Å². The topological polar surface area (TPSA) is 95.0 Å². The third-order valence-corrected chi connectivity index (χ3v) is 11.2. The molecule has 0 aromatic heterocycles. The van der Waals surface area contributed by atoms with Gasteiger partial charge in [0, 0.05) is 21.5 Å². The Kier molecular flexibility index (Phi) is 7.31. The van der Waals surface area contributed by atoms with E-state index in [1.54, 1.807) is 36.4 Å². The summed E-state index contributed by atoms with van der Waals surface area (Å²) in [5.74, 6) is -5.11. The van der Waals surface area contributed by atoms with Crippen LogP contribution >= 0.6 is 23.2 Å². The number of amides is 4. The summed E-state index contributed by atoms with van der Waals surface area (Å²) in [6.45, 7) is 0.156. The fourth-order valence-corrected chi connectivity index (χ4v) is 9.20. The molecular formula is C39H30Cl2N2O5. The summed E-state index contributed by atoms with van der Waals surface area (Å²) in [6, 6.07) is 29.9. The number of anilines is 1. The second-order valence-electron chi connectivity index (χ2n) is 13.0. The number of carbonyl (C=O) groups excluding carboxylic acids is 4. The number of hydrogen-bond donors (Lipinski definition) is 1. The highest BCUT2D eigenvalue weighted by molar-refractivity contribution is 6.32. The number of fused-ring (bicyclic) bond motifs is 4. The van der Waals surface area contributed by atoms with Crippen LogP contribution in [0.5, 0.6) is 5.75 Å². The van der Waals surface area contributed by atoms with E-state index in [4.69, 9.17) is 23.2 Å². The van der Waals surface area contributed by atoms with Crippen LogP contribution in [0.15, 0.2) is 115 Å². The summed E-state index contributed by atoms with van der Waals surface area (Å²) in [6.07, 6.45) is 2.42. The van der Waals surface area contributed by atoms with Crippen molar-refractivity contribution in [2.75, 3.05) is 4.90 Å². The van der Waals surface area contributed by atoms with Crippen LogP contribution in [0.4, 0.5) is 5.69 Å². The molecule has 8 rings (SSSR count). The second-order valence-corrected chi connectivity index (χ2v) is 13.9. The molecule has 3 fully saturated rings. The summed E-state index contributed by atoms with van der Waals surface area (Å²) in [4.78, 5) is 60.7. The highest BCUT2D eigenvalue weighted by Gasteiger charge is 2.70. The molecule has 2 aliphatic carbocycles. The number of aromatic hydroxyl groups is 1. The van der Waals surface area contributed by atoms with E-state index < -0.39 is 46.8 Å². The van der Waals surface area contributed by atoms with Gasteiger partial charge in [-0.15, -0.1) is 0 Å². The average molecular weight is 678 g/mol. The predicted molar refractivity (Wildman–Crippen MR) is 181 cm³/mol. The number of nitrogens with zero attached hydrogens (tertiary/aromatic N) is 2. The minimum atomic E-state index is -1.49. The lowest BCUT2D eigenvalue weighted by Gasteiger charge is -2.50. The lowest BCUT2D eigenvalue weighted by Crippen LogP contribution is -2.53. The van der Waals surface area contributed by atoms with Crippen molar-refractivity contribution in [2.24, 2.45) is 23.7 Å². The summed E-state index contributed by atoms with van der Waals surface area (Å²) in [5.41, 5.74) is 1.44. The molecule has 2 aliphatic heterocycles. The van der Waals surface area contributed by atoms with Gasteiger partial charge in [0.1, 0.15) is 5.75 Å². The number of benzene rings is 4. The number of hydrogen-bond acceptors (Lipinski definition) is 5. The molecule has 6 atom stereocenters. The fourth-order valence-electron chi connectivity index (χ4n) is 8.83. The zero-order valence-corrected chi connectivity index (χ0v) is 27.1. The second kappa shape index (κ2) is 11.5. The van der Waals surface area contributed by atoms with E-state index in [2.05, 4.69) is 0 Å². The first-order valence-corrected chi connectivity index (χ1v) is 16.7. The number of rotatable bonds is 5. The van der Waals surface area contributed by atoms with Crippen molar-refractivity contribution in [3.05, 3.63) is 142 Å². The van der Waals surface area contributed by atoms with E-state index in [0.717, 1.165) is 11.1 Å². The fraction of sp³-hybridized carbons (Fsp3) is 0.231. The Morgan fingerprint density at radius 1 is 0.750 bits per heavy atom. The average Bonchev–Trinajstić information content (AvgIpc) is 3.47. The third-order valence-electron chi connectivity index (χ3n) is 10.7. The van der Waals surface area contributed by atoms with E-state index in [9.17, 15) is 19.5 Å². The van der Waals surface area contributed by atoms with Gasteiger partial charge in [0.25, 0.3) is 0 Å². The number of imide groups is 2. The highest BCUT2D eigenvalue weighted by atomic mass is 35.5. The molecule has 48 heavy (non-hydrogen) atoms. The monoisotopic (exact) mass is 676 g/mol. The van der Waals surface area contributed by atoms with Crippen molar-refractivity contribution in [1.29, 1.82) is 0 Å². The Bertz CT molecular complexity index is 2030. The van der Waals surface area contributed by atoms with Gasteiger partial charge in [-0.3, -0.25) is 24.1 Å². The lowest BCUT2D eigenvalue weighted by atomic mass is 9.49. The summed E-state index contributed by atoms with van der Waals surface area (Å²) < 4.78 is 0. The number of likely N-dealkylation sites (tertiary alicyclic amines) is 1. The van der Waals surface area contributed by atoms with Gasteiger partial charge >= 0.3 is 0 Å². The molecule has 7 nitrogen and oxygen atoms in total. The molecule has 1 saturated carbocycles. The van der Waals surface area contributed by atoms with E-state index in [1.165, 1.54) is 15.9 Å². The predicted octanol–water partition coefficient (Wildman–Crippen LogP) is 7.06. The van der Waals surface area contributed by atoms with Crippen molar-refractivity contribution >= 4 is 52.5 Å². The summed E-state index contributed by atoms with van der Waals surface area (Å²) in [7, 11) is 0. The van der Waals surface area contributed by atoms with E-state index in [1.807, 2.05) is 66.7 Å². The number of phenolic OH excluding ortho intramolecular Hbond substituents is 1. The molecule has 240 valence electrons. The first-order valence-electron chi connectivity index (χ1n) is 16.0. The van der Waals surface area contributed by atoms with Gasteiger partial charge in [0.2, 0.25) is 23.6 Å². The van der Waals surface area contributed by atoms with Gasteiger partial charge in [0.15, 0.2) is 0 Å². The minimum Gasteiger partial charge on any atom is -0.508 e. The van der Waals surface area contributed by atoms with Crippen LogP contribution in [0, 0.1) is 23.7 Å². The lowest BCUT2D eigenvalue weighted by molar-refractivity contribution is -0.141. The molecule has 2 heterocycles. The third kappa shape index (κ3) is 4.41. The van der Waals surface area contributed by atoms with Gasteiger partial charge in [0.05, 0.1) is 35.4 Å². The van der Waals surface area contributed by atoms with Crippen LogP contribution in [0.3, 0.4) is 0 Å². The maximum atomic E-state index is 15.2. The molecule has 9 heteroatoms. The van der Waals surface area contributed by atoms with Crippen molar-refractivity contribution in [1.82, 2.24) is 4.90 Å². The van der Waals surface area contributed by atoms with E-state index in [0.29, 0.717) is 33.3 Å². The van der Waals surface area contributed by atoms with Crippen molar-refractivity contribution < 1.29 is 24.3 Å². The van der Waals surface area contributed by atoms with Crippen LogP contribution in [-0.4, -0.2) is 33.6 Å². The largest absolute Gasteiger partial charge is 0.508 e. The molecule has 0 bridgehead atoms. The molecule has 4 amide bonds. The maximum absolute atomic E-state index is 15.2. The molecule has 4 aromatic rings. The van der Waals surface area contributed by atoms with Crippen molar-refractivity contribution in [3.8, 4) is 5.75 Å². The van der Waals surface area contributed by atoms with E-state index in [-0.39, 0.29) is 30.5 Å². The molecule has 1 N–H and O–H groups in total. The smallest absolute Gasteiger partial charge is 0.246 e. The van der Waals surface area contributed by atoms with Gasteiger partial charge in [-0.05, 0) is 66.3 Å². The Balaban J connectivity index is 1.34. The van der Waals surface area contributed by atoms with Crippen molar-refractivity contribution in [2.45, 2.75) is 30.7 Å². The maximum Gasteiger partial charge on any atom is 0.246 e. The Morgan fingerprint density at radius 2 is 1.46 bits per heavy atom. The number of phenols is 1. The molecule has 0 spiro atoms. The zero-order valence-electron chi connectivity index (χ0n) is 25.6. The Labute approximate surface area is 287 Å². The first-order chi connectivity index (χ1) is 23.2. The van der Waals surface area contributed by atoms with Crippen LogP contribution in [0.2, 0.25) is 10.0 Å². The molecule has 4 aliphatic rings. The standard InChI is InChI=1S/C39H30Cl2N2O5/c40-24-12-7-13-26(18-24)43-36(46)31-20-29-27(15-16-28-33(29)37(47)42(35(28)45)21-22-8-3-1-4-9-22)34(30-19-25(41)14-17-32(30)44)39(31,38(43)48)23-10-5-2-6-11-23/h1-15,17-19,28-29,31,33-34,44H,16,20-21H2/t28-,29+,31-,33-,34+,39+/m0/s1. The van der Waals surface area contributed by atoms with Gasteiger partial charge < -0.3 is 5.11 Å². The van der Waals surface area contributed by atoms with Crippen LogP contribution in [-0.2, 0) is 31.1 Å². The highest BCUT2D eigenvalue weighted by Crippen LogP contribution is 2.65. The Morgan fingerprint density at radius 3 is 2.19 bits per heavy atom. The van der Waals surface area contributed by atoms with Crippen LogP contribution < -0.4 is 4.90 Å². The molecular weight excluding hydrogens is 647 g/mol. The quantitative estimate of drug-likeness (QED) is 0.180. The van der Waals surface area contributed by atoms with E-state index >= 15 is 4.79 Å². The normalized spacial score (nSPS) is 27.9. The number of halogens is 2. The molecule has 0 unspecified atom stereocenters. The summed E-state index contributed by atoms with van der Waals surface area (Å²) in [5, 5.41) is 12.2. The number of allylic oxidation sites excluding steroid dienone is 2.